The van der Waals surface area contributed by atoms with Crippen LogP contribution in [-0.2, 0) is 17.8 Å². The van der Waals surface area contributed by atoms with E-state index >= 15 is 0 Å². The number of aromatic nitrogens is 2. The number of thiophene rings is 1. The third kappa shape index (κ3) is 3.10. The van der Waals surface area contributed by atoms with Crippen molar-refractivity contribution in [2.24, 2.45) is 5.73 Å². The van der Waals surface area contributed by atoms with Gasteiger partial charge in [0.1, 0.15) is 10.7 Å². The lowest BCUT2D eigenvalue weighted by Gasteiger charge is -2.12. The summed E-state index contributed by atoms with van der Waals surface area (Å²) in [5.74, 6) is 0.152. The molecule has 5 nitrogen and oxygen atoms in total. The van der Waals surface area contributed by atoms with Crippen molar-refractivity contribution in [3.63, 3.8) is 0 Å². The second-order valence-corrected chi connectivity index (χ2v) is 6.88. The number of hydrogen-bond acceptors (Lipinski definition) is 4. The molecule has 0 saturated carbocycles. The Labute approximate surface area is 143 Å². The van der Waals surface area contributed by atoms with Crippen molar-refractivity contribution in [1.82, 2.24) is 9.55 Å². The van der Waals surface area contributed by atoms with Crippen molar-refractivity contribution in [3.8, 4) is 11.4 Å². The van der Waals surface area contributed by atoms with E-state index in [2.05, 4.69) is 6.92 Å². The van der Waals surface area contributed by atoms with Gasteiger partial charge in [0.05, 0.1) is 5.39 Å². The Hall–Kier alpha value is -2.47. The van der Waals surface area contributed by atoms with Crippen LogP contribution in [-0.4, -0.2) is 15.5 Å². The molecular formula is C18H19N3O2S. The van der Waals surface area contributed by atoms with Gasteiger partial charge >= 0.3 is 0 Å². The van der Waals surface area contributed by atoms with Crippen LogP contribution in [0.4, 0.5) is 0 Å². The zero-order chi connectivity index (χ0) is 17.3. The highest BCUT2D eigenvalue weighted by atomic mass is 32.1. The van der Waals surface area contributed by atoms with Crippen LogP contribution in [0, 0.1) is 6.92 Å². The molecule has 0 fully saturated rings. The van der Waals surface area contributed by atoms with Gasteiger partial charge in [0.15, 0.2) is 0 Å². The lowest BCUT2D eigenvalue weighted by Crippen LogP contribution is -2.25. The van der Waals surface area contributed by atoms with Gasteiger partial charge in [0, 0.05) is 23.4 Å². The molecule has 3 rings (SSSR count). The van der Waals surface area contributed by atoms with Gasteiger partial charge in [-0.1, -0.05) is 30.7 Å². The van der Waals surface area contributed by atoms with E-state index in [4.69, 9.17) is 10.7 Å². The molecule has 0 unspecified atom stereocenters. The summed E-state index contributed by atoms with van der Waals surface area (Å²) in [4.78, 5) is 30.7. The van der Waals surface area contributed by atoms with Crippen LogP contribution in [0.2, 0.25) is 0 Å². The Morgan fingerprint density at radius 1 is 1.33 bits per heavy atom. The van der Waals surface area contributed by atoms with Gasteiger partial charge in [-0.2, -0.15) is 0 Å². The van der Waals surface area contributed by atoms with Gasteiger partial charge in [-0.25, -0.2) is 4.98 Å². The van der Waals surface area contributed by atoms with Gasteiger partial charge in [-0.15, -0.1) is 11.3 Å². The lowest BCUT2D eigenvalue weighted by atomic mass is 10.1. The normalized spacial score (nSPS) is 11.1. The summed E-state index contributed by atoms with van der Waals surface area (Å²) in [6.45, 7) is 4.28. The van der Waals surface area contributed by atoms with Crippen LogP contribution in [0.1, 0.15) is 23.8 Å². The minimum absolute atomic E-state index is 0.108. The highest BCUT2D eigenvalue weighted by molar-refractivity contribution is 7.18. The van der Waals surface area contributed by atoms with Crippen molar-refractivity contribution in [2.75, 3.05) is 0 Å². The summed E-state index contributed by atoms with van der Waals surface area (Å²) >= 11 is 1.54. The minimum Gasteiger partial charge on any atom is -0.370 e. The maximum absolute atomic E-state index is 12.9. The van der Waals surface area contributed by atoms with E-state index in [1.165, 1.54) is 0 Å². The number of benzene rings is 1. The van der Waals surface area contributed by atoms with Crippen LogP contribution in [0.5, 0.6) is 0 Å². The predicted octanol–water partition coefficient (Wildman–Crippen LogP) is 2.87. The molecule has 2 heterocycles. The first-order valence-corrected chi connectivity index (χ1v) is 8.70. The molecule has 6 heteroatoms. The molecule has 0 radical (unpaired) electrons. The highest BCUT2D eigenvalue weighted by Gasteiger charge is 2.15. The monoisotopic (exact) mass is 341 g/mol. The molecule has 2 N–H and O–H groups in total. The maximum Gasteiger partial charge on any atom is 0.262 e. The molecule has 3 aromatic rings. The number of nitrogens with two attached hydrogens (primary N) is 1. The van der Waals surface area contributed by atoms with Gasteiger partial charge in [-0.05, 0) is 25.5 Å². The highest BCUT2D eigenvalue weighted by Crippen LogP contribution is 2.26. The number of carbonyl (C=O) groups excluding carboxylic acids is 1. The van der Waals surface area contributed by atoms with E-state index in [9.17, 15) is 9.59 Å². The third-order valence-electron chi connectivity index (χ3n) is 3.91. The summed E-state index contributed by atoms with van der Waals surface area (Å²) in [5.41, 5.74) is 7.10. The molecule has 2 aromatic heterocycles. The van der Waals surface area contributed by atoms with Gasteiger partial charge in [0.2, 0.25) is 5.91 Å². The van der Waals surface area contributed by atoms with E-state index in [1.54, 1.807) is 15.9 Å². The fourth-order valence-corrected chi connectivity index (χ4v) is 3.63. The topological polar surface area (TPSA) is 78.0 Å². The van der Waals surface area contributed by atoms with E-state index < -0.39 is 5.91 Å². The molecule has 1 aromatic carbocycles. The largest absolute Gasteiger partial charge is 0.370 e. The second-order valence-electron chi connectivity index (χ2n) is 5.76. The molecule has 1 amide bonds. The Balaban J connectivity index is 2.26. The van der Waals surface area contributed by atoms with E-state index in [1.807, 2.05) is 37.3 Å². The predicted molar refractivity (Wildman–Crippen MR) is 97.2 cm³/mol. The Morgan fingerprint density at radius 3 is 2.79 bits per heavy atom. The summed E-state index contributed by atoms with van der Waals surface area (Å²) in [6.07, 6.45) is 0.970. The maximum atomic E-state index is 12.9. The smallest absolute Gasteiger partial charge is 0.262 e. The van der Waals surface area contributed by atoms with Crippen molar-refractivity contribution in [3.05, 3.63) is 51.1 Å². The molecule has 0 atom stereocenters. The van der Waals surface area contributed by atoms with E-state index in [0.717, 1.165) is 27.3 Å². The van der Waals surface area contributed by atoms with E-state index in [0.29, 0.717) is 11.2 Å². The number of aryl methyl sites for hydroxylation is 2. The second kappa shape index (κ2) is 6.57. The van der Waals surface area contributed by atoms with Gasteiger partial charge in [-0.3, -0.25) is 14.2 Å². The van der Waals surface area contributed by atoms with Gasteiger partial charge in [0.25, 0.3) is 5.56 Å². The van der Waals surface area contributed by atoms with Gasteiger partial charge < -0.3 is 5.73 Å². The number of rotatable bonds is 5. The first kappa shape index (κ1) is 16.4. The SMILES string of the molecule is CCc1cc2c(=O)n(CCC(N)=O)c(-c3cccc(C)c3)nc2s1. The average molecular weight is 341 g/mol. The van der Waals surface area contributed by atoms with E-state index in [-0.39, 0.29) is 18.5 Å². The van der Waals surface area contributed by atoms with Crippen LogP contribution >= 0.6 is 11.3 Å². The number of fused-ring (bicyclic) bond motifs is 1. The minimum atomic E-state index is -0.434. The molecular weight excluding hydrogens is 322 g/mol. The number of hydrogen-bond donors (Lipinski definition) is 1. The summed E-state index contributed by atoms with van der Waals surface area (Å²) < 4.78 is 1.56. The molecule has 0 spiro atoms. The molecule has 24 heavy (non-hydrogen) atoms. The zero-order valence-electron chi connectivity index (χ0n) is 13.7. The molecule has 0 aliphatic heterocycles. The molecule has 0 bridgehead atoms. The van der Waals surface area contributed by atoms with Crippen molar-refractivity contribution in [1.29, 1.82) is 0 Å². The number of nitrogens with zero attached hydrogens (tertiary/aromatic N) is 2. The Bertz CT molecular complexity index is 972. The molecule has 0 aliphatic rings. The Kier molecular flexibility index (Phi) is 4.49. The fourth-order valence-electron chi connectivity index (χ4n) is 2.67. The van der Waals surface area contributed by atoms with Crippen LogP contribution in [0.25, 0.3) is 21.6 Å². The first-order valence-electron chi connectivity index (χ1n) is 7.88. The number of amides is 1. The molecule has 0 aliphatic carbocycles. The van der Waals surface area contributed by atoms with Crippen LogP contribution in [0.3, 0.4) is 0 Å². The number of carbonyl (C=O) groups is 1. The summed E-state index contributed by atoms with van der Waals surface area (Å²) in [6, 6.07) is 9.74. The van der Waals surface area contributed by atoms with Crippen LogP contribution < -0.4 is 11.3 Å². The van der Waals surface area contributed by atoms with Crippen molar-refractivity contribution >= 4 is 27.5 Å². The van der Waals surface area contributed by atoms with Crippen molar-refractivity contribution < 1.29 is 4.79 Å². The Morgan fingerprint density at radius 2 is 2.12 bits per heavy atom. The summed E-state index contributed by atoms with van der Waals surface area (Å²) in [7, 11) is 0. The molecule has 124 valence electrons. The quantitative estimate of drug-likeness (QED) is 0.775. The number of primary amides is 1. The zero-order valence-corrected chi connectivity index (χ0v) is 14.5. The average Bonchev–Trinajstić information content (AvgIpc) is 2.97. The third-order valence-corrected chi connectivity index (χ3v) is 5.08. The lowest BCUT2D eigenvalue weighted by molar-refractivity contribution is -0.118. The first-order chi connectivity index (χ1) is 11.5. The van der Waals surface area contributed by atoms with Crippen LogP contribution in [0.15, 0.2) is 35.1 Å². The fraction of sp³-hybridized carbons (Fsp3) is 0.278. The van der Waals surface area contributed by atoms with Crippen molar-refractivity contribution in [2.45, 2.75) is 33.2 Å². The molecule has 0 saturated heterocycles. The standard InChI is InChI=1S/C18H19N3O2S/c1-3-13-10-14-17(24-13)20-16(12-6-4-5-11(2)9-12)21(18(14)23)8-7-15(19)22/h4-6,9-10H,3,7-8H2,1-2H3,(H2,19,22). The summed E-state index contributed by atoms with van der Waals surface area (Å²) in [5, 5.41) is 0.609.